The molecule has 2 aromatic carbocycles. The molecule has 0 bridgehead atoms. The van der Waals surface area contributed by atoms with Crippen LogP contribution >= 0.6 is 0 Å². The van der Waals surface area contributed by atoms with Gasteiger partial charge < -0.3 is 10.4 Å². The summed E-state index contributed by atoms with van der Waals surface area (Å²) >= 11 is 0. The maximum Gasteiger partial charge on any atom is 0.127 e. The average Bonchev–Trinajstić information content (AvgIpc) is 2.54. The molecule has 0 aliphatic heterocycles. The fraction of sp³-hybridized carbons (Fsp3) is 0.235. The maximum atomic E-state index is 13.8. The van der Waals surface area contributed by atoms with Crippen LogP contribution < -0.4 is 5.32 Å². The fourth-order valence-electron chi connectivity index (χ4n) is 2.13. The van der Waals surface area contributed by atoms with Gasteiger partial charge in [-0.3, -0.25) is 0 Å². The number of aliphatic hydroxyl groups excluding tert-OH is 1. The van der Waals surface area contributed by atoms with Gasteiger partial charge in [0, 0.05) is 12.1 Å². The molecule has 0 aliphatic rings. The summed E-state index contributed by atoms with van der Waals surface area (Å²) in [5, 5.41) is 21.7. The molecule has 0 aliphatic carbocycles. The third kappa shape index (κ3) is 3.46. The van der Waals surface area contributed by atoms with Crippen molar-refractivity contribution in [2.45, 2.75) is 19.0 Å². The summed E-state index contributed by atoms with van der Waals surface area (Å²) in [6.07, 6.45) is 0. The van der Waals surface area contributed by atoms with Crippen LogP contribution in [0.25, 0.3) is 0 Å². The molecule has 0 heterocycles. The second-order valence-corrected chi connectivity index (χ2v) is 5.13. The quantitative estimate of drug-likeness (QED) is 0.887. The number of rotatable bonds is 5. The standard InChI is InChI=1S/C17H17FN2O/c1-17(12-21,15-5-3-2-4-6-15)20-11-14-9-13(10-19)7-8-16(14)18/h2-9,20-21H,11-12H2,1H3. The third-order valence-electron chi connectivity index (χ3n) is 3.57. The molecule has 0 saturated carbocycles. The Kier molecular flexibility index (Phi) is 4.69. The van der Waals surface area contributed by atoms with Crippen LogP contribution in [0.5, 0.6) is 0 Å². The highest BCUT2D eigenvalue weighted by Gasteiger charge is 2.25. The molecule has 3 nitrogen and oxygen atoms in total. The molecule has 1 atom stereocenters. The first-order valence-corrected chi connectivity index (χ1v) is 6.69. The first-order chi connectivity index (χ1) is 10.1. The van der Waals surface area contributed by atoms with E-state index in [4.69, 9.17) is 5.26 Å². The number of hydrogen-bond acceptors (Lipinski definition) is 3. The number of aliphatic hydroxyl groups is 1. The van der Waals surface area contributed by atoms with E-state index < -0.39 is 5.54 Å². The summed E-state index contributed by atoms with van der Waals surface area (Å²) < 4.78 is 13.8. The van der Waals surface area contributed by atoms with Gasteiger partial charge in [-0.1, -0.05) is 30.3 Å². The summed E-state index contributed by atoms with van der Waals surface area (Å²) in [5.41, 5.74) is 1.07. The lowest BCUT2D eigenvalue weighted by atomic mass is 9.92. The Hall–Kier alpha value is -2.22. The highest BCUT2D eigenvalue weighted by atomic mass is 19.1. The number of nitrogens with zero attached hydrogens (tertiary/aromatic N) is 1. The summed E-state index contributed by atoms with van der Waals surface area (Å²) in [6.45, 7) is 1.97. The van der Waals surface area contributed by atoms with Crippen molar-refractivity contribution in [3.63, 3.8) is 0 Å². The van der Waals surface area contributed by atoms with Crippen LogP contribution in [-0.4, -0.2) is 11.7 Å². The lowest BCUT2D eigenvalue weighted by Gasteiger charge is -2.29. The van der Waals surface area contributed by atoms with Crippen LogP contribution in [0.15, 0.2) is 48.5 Å². The minimum Gasteiger partial charge on any atom is -0.394 e. The van der Waals surface area contributed by atoms with E-state index in [1.165, 1.54) is 18.2 Å². The molecule has 0 aromatic heterocycles. The Morgan fingerprint density at radius 3 is 2.57 bits per heavy atom. The summed E-state index contributed by atoms with van der Waals surface area (Å²) in [6, 6.07) is 15.7. The first kappa shape index (κ1) is 15.2. The van der Waals surface area contributed by atoms with Crippen LogP contribution in [0.1, 0.15) is 23.6 Å². The predicted molar refractivity (Wildman–Crippen MR) is 78.8 cm³/mol. The van der Waals surface area contributed by atoms with Gasteiger partial charge in [-0.2, -0.15) is 5.26 Å². The van der Waals surface area contributed by atoms with Crippen LogP contribution in [0.3, 0.4) is 0 Å². The van der Waals surface area contributed by atoms with Gasteiger partial charge in [0.05, 0.1) is 23.8 Å². The van der Waals surface area contributed by atoms with E-state index in [0.29, 0.717) is 11.1 Å². The van der Waals surface area contributed by atoms with Crippen molar-refractivity contribution in [3.8, 4) is 6.07 Å². The van der Waals surface area contributed by atoms with Gasteiger partial charge in [0.1, 0.15) is 5.82 Å². The molecule has 108 valence electrons. The number of nitrogens with one attached hydrogen (secondary N) is 1. The van der Waals surface area contributed by atoms with E-state index in [1.807, 2.05) is 43.3 Å². The summed E-state index contributed by atoms with van der Waals surface area (Å²) in [5.74, 6) is -0.366. The van der Waals surface area contributed by atoms with Crippen LogP contribution in [0.2, 0.25) is 0 Å². The summed E-state index contributed by atoms with van der Waals surface area (Å²) in [7, 11) is 0. The smallest absolute Gasteiger partial charge is 0.127 e. The van der Waals surface area contributed by atoms with Crippen LogP contribution in [0, 0.1) is 17.1 Å². The zero-order valence-electron chi connectivity index (χ0n) is 11.8. The lowest BCUT2D eigenvalue weighted by molar-refractivity contribution is 0.173. The van der Waals surface area contributed by atoms with Crippen molar-refractivity contribution in [1.29, 1.82) is 5.26 Å². The van der Waals surface area contributed by atoms with Crippen LogP contribution in [0.4, 0.5) is 4.39 Å². The zero-order valence-corrected chi connectivity index (χ0v) is 11.8. The Labute approximate surface area is 123 Å². The Balaban J connectivity index is 2.20. The van der Waals surface area contributed by atoms with Gasteiger partial charge in [-0.05, 0) is 30.7 Å². The van der Waals surface area contributed by atoms with Crippen molar-refractivity contribution in [2.24, 2.45) is 0 Å². The number of hydrogen-bond donors (Lipinski definition) is 2. The Morgan fingerprint density at radius 2 is 1.95 bits per heavy atom. The molecule has 1 unspecified atom stereocenters. The molecule has 0 radical (unpaired) electrons. The molecule has 0 saturated heterocycles. The average molecular weight is 284 g/mol. The lowest BCUT2D eigenvalue weighted by Crippen LogP contribution is -2.42. The molecule has 4 heteroatoms. The van der Waals surface area contributed by atoms with E-state index in [2.05, 4.69) is 5.32 Å². The highest BCUT2D eigenvalue weighted by molar-refractivity contribution is 5.34. The molecular formula is C17H17FN2O. The van der Waals surface area contributed by atoms with Gasteiger partial charge in [0.25, 0.3) is 0 Å². The molecule has 21 heavy (non-hydrogen) atoms. The number of nitriles is 1. The van der Waals surface area contributed by atoms with Gasteiger partial charge in [-0.15, -0.1) is 0 Å². The Bertz CT molecular complexity index is 652. The zero-order chi connectivity index (χ0) is 15.3. The van der Waals surface area contributed by atoms with Gasteiger partial charge >= 0.3 is 0 Å². The minimum absolute atomic E-state index is 0.115. The van der Waals surface area contributed by atoms with E-state index in [0.717, 1.165) is 5.56 Å². The molecule has 0 spiro atoms. The maximum absolute atomic E-state index is 13.8. The second-order valence-electron chi connectivity index (χ2n) is 5.13. The van der Waals surface area contributed by atoms with Crippen molar-refractivity contribution in [1.82, 2.24) is 5.32 Å². The van der Waals surface area contributed by atoms with Crippen molar-refractivity contribution >= 4 is 0 Å². The van der Waals surface area contributed by atoms with Gasteiger partial charge in [0.2, 0.25) is 0 Å². The predicted octanol–water partition coefficient (Wildman–Crippen LogP) is 2.69. The van der Waals surface area contributed by atoms with Crippen LogP contribution in [-0.2, 0) is 12.1 Å². The summed E-state index contributed by atoms with van der Waals surface area (Å²) in [4.78, 5) is 0. The van der Waals surface area contributed by atoms with Crippen molar-refractivity contribution < 1.29 is 9.50 Å². The largest absolute Gasteiger partial charge is 0.394 e. The molecular weight excluding hydrogens is 267 g/mol. The van der Waals surface area contributed by atoms with Gasteiger partial charge in [0.15, 0.2) is 0 Å². The highest BCUT2D eigenvalue weighted by Crippen LogP contribution is 2.21. The SMILES string of the molecule is CC(CO)(NCc1cc(C#N)ccc1F)c1ccccc1. The van der Waals surface area contributed by atoms with E-state index in [-0.39, 0.29) is 19.0 Å². The third-order valence-corrected chi connectivity index (χ3v) is 3.57. The topological polar surface area (TPSA) is 56.0 Å². The first-order valence-electron chi connectivity index (χ1n) is 6.69. The second kappa shape index (κ2) is 6.49. The number of halogens is 1. The van der Waals surface area contributed by atoms with Crippen molar-refractivity contribution in [3.05, 3.63) is 71.0 Å². The van der Waals surface area contributed by atoms with E-state index in [1.54, 1.807) is 0 Å². The van der Waals surface area contributed by atoms with E-state index >= 15 is 0 Å². The normalized spacial score (nSPS) is 13.4. The molecule has 0 fully saturated rings. The fourth-order valence-corrected chi connectivity index (χ4v) is 2.13. The number of benzene rings is 2. The molecule has 0 amide bonds. The monoisotopic (exact) mass is 284 g/mol. The molecule has 2 N–H and O–H groups in total. The van der Waals surface area contributed by atoms with Crippen molar-refractivity contribution in [2.75, 3.05) is 6.61 Å². The molecule has 2 rings (SSSR count). The van der Waals surface area contributed by atoms with Gasteiger partial charge in [-0.25, -0.2) is 4.39 Å². The van der Waals surface area contributed by atoms with E-state index in [9.17, 15) is 9.50 Å². The molecule has 2 aromatic rings. The minimum atomic E-state index is -0.670. The Morgan fingerprint density at radius 1 is 1.24 bits per heavy atom.